The lowest BCUT2D eigenvalue weighted by Gasteiger charge is -2.36. The molecule has 1 aromatic heterocycles. The molecule has 0 radical (unpaired) electrons. The van der Waals surface area contributed by atoms with Gasteiger partial charge in [-0.1, -0.05) is 27.2 Å². The van der Waals surface area contributed by atoms with E-state index in [2.05, 4.69) is 20.8 Å². The lowest BCUT2D eigenvalue weighted by Crippen LogP contribution is -2.37. The molecule has 27 heavy (non-hydrogen) atoms. The second kappa shape index (κ2) is 7.54. The van der Waals surface area contributed by atoms with Crippen molar-refractivity contribution in [1.82, 2.24) is 4.57 Å². The number of non-ortho nitro benzene ring substituents is 1. The zero-order valence-electron chi connectivity index (χ0n) is 15.7. The van der Waals surface area contributed by atoms with Gasteiger partial charge in [0, 0.05) is 6.07 Å². The molecule has 1 heterocycles. The Morgan fingerprint density at radius 3 is 2.81 bits per heavy atom. The van der Waals surface area contributed by atoms with Gasteiger partial charge in [-0.25, -0.2) is 4.79 Å². The van der Waals surface area contributed by atoms with Crippen molar-refractivity contribution in [3.63, 3.8) is 0 Å². The van der Waals surface area contributed by atoms with Crippen molar-refractivity contribution >= 4 is 22.8 Å². The summed E-state index contributed by atoms with van der Waals surface area (Å²) in [7, 11) is 0. The number of carbonyl (C=O) groups excluding carboxylic acids is 1. The Hall–Kier alpha value is -2.64. The number of oxazole rings is 1. The van der Waals surface area contributed by atoms with Crippen LogP contribution < -0.4 is 5.76 Å². The number of nitro benzene ring substituents is 1. The molecule has 3 atom stereocenters. The molecule has 0 amide bonds. The highest BCUT2D eigenvalue weighted by atomic mass is 16.6. The zero-order chi connectivity index (χ0) is 19.7. The Kier molecular flexibility index (Phi) is 5.34. The van der Waals surface area contributed by atoms with E-state index in [4.69, 9.17) is 9.15 Å². The van der Waals surface area contributed by atoms with E-state index in [1.54, 1.807) is 0 Å². The van der Waals surface area contributed by atoms with E-state index >= 15 is 0 Å². The molecule has 0 bridgehead atoms. The van der Waals surface area contributed by atoms with Crippen LogP contribution in [0.3, 0.4) is 0 Å². The van der Waals surface area contributed by atoms with Gasteiger partial charge in [0.1, 0.15) is 12.6 Å². The predicted octanol–water partition coefficient (Wildman–Crippen LogP) is 3.51. The van der Waals surface area contributed by atoms with Crippen LogP contribution in [0.25, 0.3) is 11.1 Å². The molecule has 8 heteroatoms. The molecule has 1 aliphatic rings. The van der Waals surface area contributed by atoms with Crippen molar-refractivity contribution in [2.75, 3.05) is 0 Å². The highest BCUT2D eigenvalue weighted by Gasteiger charge is 2.33. The van der Waals surface area contributed by atoms with Gasteiger partial charge in [0.15, 0.2) is 5.58 Å². The van der Waals surface area contributed by atoms with Crippen molar-refractivity contribution in [3.05, 3.63) is 38.9 Å². The minimum absolute atomic E-state index is 0.0772. The summed E-state index contributed by atoms with van der Waals surface area (Å²) in [5, 5.41) is 10.9. The van der Waals surface area contributed by atoms with Gasteiger partial charge in [-0.3, -0.25) is 19.5 Å². The molecule has 1 aromatic carbocycles. The van der Waals surface area contributed by atoms with Gasteiger partial charge in [-0.15, -0.1) is 0 Å². The SMILES string of the molecule is CC1CCC(C(C)C)C(OC(=O)Cn2c(=O)oc3cc([N+](=O)[O-])ccc32)C1. The molecular weight excluding hydrogens is 352 g/mol. The number of hydrogen-bond donors (Lipinski definition) is 0. The standard InChI is InChI=1S/C19H24N2O6/c1-11(2)14-6-4-12(3)8-16(14)26-18(22)10-20-15-7-5-13(21(24)25)9-17(15)27-19(20)23/h5,7,9,11-12,14,16H,4,6,8,10H2,1-3H3. The molecule has 1 saturated carbocycles. The van der Waals surface area contributed by atoms with Crippen LogP contribution in [0.2, 0.25) is 0 Å². The average Bonchev–Trinajstić information content (AvgIpc) is 2.89. The van der Waals surface area contributed by atoms with E-state index in [1.165, 1.54) is 18.2 Å². The zero-order valence-corrected chi connectivity index (χ0v) is 15.7. The van der Waals surface area contributed by atoms with Crippen LogP contribution in [0.5, 0.6) is 0 Å². The quantitative estimate of drug-likeness (QED) is 0.449. The highest BCUT2D eigenvalue weighted by Crippen LogP contribution is 2.35. The van der Waals surface area contributed by atoms with E-state index in [1.807, 2.05) is 0 Å². The van der Waals surface area contributed by atoms with Crippen LogP contribution in [-0.4, -0.2) is 21.6 Å². The number of benzene rings is 1. The molecule has 0 spiro atoms. The molecule has 0 N–H and O–H groups in total. The maximum Gasteiger partial charge on any atom is 0.420 e. The van der Waals surface area contributed by atoms with E-state index in [-0.39, 0.29) is 23.9 Å². The number of ether oxygens (including phenoxy) is 1. The minimum atomic E-state index is -0.736. The second-order valence-electron chi connectivity index (χ2n) is 7.72. The first-order chi connectivity index (χ1) is 12.8. The summed E-state index contributed by atoms with van der Waals surface area (Å²) in [5.41, 5.74) is 0.232. The Bertz CT molecular complexity index is 913. The van der Waals surface area contributed by atoms with Crippen molar-refractivity contribution in [2.45, 2.75) is 52.7 Å². The van der Waals surface area contributed by atoms with Gasteiger partial charge in [0.25, 0.3) is 5.69 Å². The van der Waals surface area contributed by atoms with Crippen molar-refractivity contribution < 1.29 is 18.9 Å². The van der Waals surface area contributed by atoms with Gasteiger partial charge >= 0.3 is 11.7 Å². The third kappa shape index (κ3) is 4.04. The van der Waals surface area contributed by atoms with Crippen LogP contribution in [0.4, 0.5) is 5.69 Å². The lowest BCUT2D eigenvalue weighted by atomic mass is 9.75. The number of nitrogens with zero attached hydrogens (tertiary/aromatic N) is 2. The molecular formula is C19H24N2O6. The van der Waals surface area contributed by atoms with E-state index < -0.39 is 16.6 Å². The number of aromatic nitrogens is 1. The summed E-state index contributed by atoms with van der Waals surface area (Å²) < 4.78 is 11.9. The van der Waals surface area contributed by atoms with Gasteiger partial charge in [0.2, 0.25) is 0 Å². The molecule has 3 unspecified atom stereocenters. The molecule has 0 saturated heterocycles. The molecule has 8 nitrogen and oxygen atoms in total. The molecule has 1 aliphatic carbocycles. The maximum absolute atomic E-state index is 12.5. The molecule has 3 rings (SSSR count). The number of nitro groups is 1. The number of fused-ring (bicyclic) bond motifs is 1. The second-order valence-corrected chi connectivity index (χ2v) is 7.72. The average molecular weight is 376 g/mol. The van der Waals surface area contributed by atoms with Gasteiger partial charge in [-0.2, -0.15) is 0 Å². The van der Waals surface area contributed by atoms with Gasteiger partial charge in [-0.05, 0) is 36.7 Å². The third-order valence-electron chi connectivity index (χ3n) is 5.39. The van der Waals surface area contributed by atoms with Crippen LogP contribution in [-0.2, 0) is 16.1 Å². The Balaban J connectivity index is 1.78. The molecule has 2 aromatic rings. The van der Waals surface area contributed by atoms with Crippen molar-refractivity contribution in [2.24, 2.45) is 17.8 Å². The van der Waals surface area contributed by atoms with E-state index in [9.17, 15) is 19.7 Å². The summed E-state index contributed by atoms with van der Waals surface area (Å²) in [5.74, 6) is -0.0162. The van der Waals surface area contributed by atoms with Gasteiger partial charge < -0.3 is 9.15 Å². The topological polar surface area (TPSA) is 105 Å². The Morgan fingerprint density at radius 1 is 1.41 bits per heavy atom. The number of rotatable bonds is 5. The summed E-state index contributed by atoms with van der Waals surface area (Å²) in [6, 6.07) is 3.86. The lowest BCUT2D eigenvalue weighted by molar-refractivity contribution is -0.384. The number of carbonyl (C=O) groups is 1. The highest BCUT2D eigenvalue weighted by molar-refractivity contribution is 5.78. The smallest absolute Gasteiger partial charge is 0.420 e. The Morgan fingerprint density at radius 2 is 2.15 bits per heavy atom. The van der Waals surface area contributed by atoms with E-state index in [0.29, 0.717) is 23.3 Å². The first-order valence-corrected chi connectivity index (χ1v) is 9.23. The summed E-state index contributed by atoms with van der Waals surface area (Å²) >= 11 is 0. The number of esters is 1. The van der Waals surface area contributed by atoms with Crippen LogP contribution in [0.1, 0.15) is 40.0 Å². The summed E-state index contributed by atoms with van der Waals surface area (Å²) in [4.78, 5) is 34.9. The number of hydrogen-bond acceptors (Lipinski definition) is 6. The monoisotopic (exact) mass is 376 g/mol. The van der Waals surface area contributed by atoms with Crippen molar-refractivity contribution in [1.29, 1.82) is 0 Å². The third-order valence-corrected chi connectivity index (χ3v) is 5.39. The fourth-order valence-corrected chi connectivity index (χ4v) is 3.90. The summed E-state index contributed by atoms with van der Waals surface area (Å²) in [6.07, 6.45) is 2.81. The molecule has 1 fully saturated rings. The largest absolute Gasteiger partial charge is 0.461 e. The van der Waals surface area contributed by atoms with Gasteiger partial charge in [0.05, 0.1) is 16.5 Å². The maximum atomic E-state index is 12.5. The first kappa shape index (κ1) is 19.1. The van der Waals surface area contributed by atoms with Crippen LogP contribution in [0, 0.1) is 27.9 Å². The fourth-order valence-electron chi connectivity index (χ4n) is 3.90. The molecule has 0 aliphatic heterocycles. The molecule has 146 valence electrons. The van der Waals surface area contributed by atoms with E-state index in [0.717, 1.165) is 23.8 Å². The fraction of sp³-hybridized carbons (Fsp3) is 0.579. The van der Waals surface area contributed by atoms with Crippen molar-refractivity contribution in [3.8, 4) is 0 Å². The first-order valence-electron chi connectivity index (χ1n) is 9.23. The van der Waals surface area contributed by atoms with Crippen LogP contribution in [0.15, 0.2) is 27.4 Å². The van der Waals surface area contributed by atoms with Crippen LogP contribution >= 0.6 is 0 Å². The normalized spacial score (nSPS) is 22.9. The minimum Gasteiger partial charge on any atom is -0.461 e. The summed E-state index contributed by atoms with van der Waals surface area (Å²) in [6.45, 7) is 6.13. The Labute approximate surface area is 156 Å². The predicted molar refractivity (Wildman–Crippen MR) is 98.4 cm³/mol.